The van der Waals surface area contributed by atoms with E-state index in [9.17, 15) is 0 Å². The first-order chi connectivity index (χ1) is 8.33. The highest BCUT2D eigenvalue weighted by Crippen LogP contribution is 2.20. The van der Waals surface area contributed by atoms with Crippen molar-refractivity contribution in [2.24, 2.45) is 5.73 Å². The lowest BCUT2D eigenvalue weighted by Gasteiger charge is -2.38. The molecule has 0 spiro atoms. The zero-order valence-corrected chi connectivity index (χ0v) is 10.2. The Morgan fingerprint density at radius 1 is 1.59 bits per heavy atom. The summed E-state index contributed by atoms with van der Waals surface area (Å²) in [6, 6.07) is 2.35. The van der Waals surface area contributed by atoms with Crippen LogP contribution >= 0.6 is 0 Å². The standard InChI is InChI=1S/C12H20N4O/c1-17-12-3-5-16(11(6-12)7-13)8-10-2-4-14-9-15-10/h2,4,9,11-12H,3,5-8,13H2,1H3. The predicted molar refractivity (Wildman–Crippen MR) is 65.3 cm³/mol. The Kier molecular flexibility index (Phi) is 4.42. The molecular weight excluding hydrogens is 216 g/mol. The van der Waals surface area contributed by atoms with Gasteiger partial charge in [0.1, 0.15) is 6.33 Å². The van der Waals surface area contributed by atoms with Gasteiger partial charge in [-0.25, -0.2) is 9.97 Å². The van der Waals surface area contributed by atoms with Crippen molar-refractivity contribution in [2.75, 3.05) is 20.2 Å². The number of likely N-dealkylation sites (tertiary alicyclic amines) is 1. The number of hydrogen-bond acceptors (Lipinski definition) is 5. The third-order valence-electron chi connectivity index (χ3n) is 3.40. The zero-order chi connectivity index (χ0) is 12.1. The van der Waals surface area contributed by atoms with Crippen molar-refractivity contribution in [3.05, 3.63) is 24.3 Å². The van der Waals surface area contributed by atoms with Gasteiger partial charge in [-0.3, -0.25) is 4.90 Å². The van der Waals surface area contributed by atoms with E-state index >= 15 is 0 Å². The molecule has 1 aliphatic rings. The van der Waals surface area contributed by atoms with Crippen LogP contribution in [0.15, 0.2) is 18.6 Å². The number of piperidine rings is 1. The van der Waals surface area contributed by atoms with Crippen molar-refractivity contribution in [1.29, 1.82) is 0 Å². The van der Waals surface area contributed by atoms with Gasteiger partial charge in [0.15, 0.2) is 0 Å². The van der Waals surface area contributed by atoms with Crippen LogP contribution in [0.25, 0.3) is 0 Å². The molecule has 5 heteroatoms. The molecule has 1 aliphatic heterocycles. The summed E-state index contributed by atoms with van der Waals surface area (Å²) in [7, 11) is 1.78. The summed E-state index contributed by atoms with van der Waals surface area (Å²) in [6.45, 7) is 2.54. The van der Waals surface area contributed by atoms with E-state index in [0.29, 0.717) is 18.7 Å². The third kappa shape index (κ3) is 3.21. The maximum absolute atomic E-state index is 5.83. The second kappa shape index (κ2) is 6.05. The van der Waals surface area contributed by atoms with E-state index in [1.54, 1.807) is 19.6 Å². The molecule has 0 aromatic carbocycles. The Morgan fingerprint density at radius 2 is 2.47 bits per heavy atom. The normalized spacial score (nSPS) is 26.0. The van der Waals surface area contributed by atoms with Crippen LogP contribution < -0.4 is 5.73 Å². The molecular formula is C12H20N4O. The minimum atomic E-state index is 0.352. The highest BCUT2D eigenvalue weighted by Gasteiger charge is 2.27. The fourth-order valence-electron chi connectivity index (χ4n) is 2.35. The molecule has 2 atom stereocenters. The van der Waals surface area contributed by atoms with Crippen molar-refractivity contribution in [3.8, 4) is 0 Å². The topological polar surface area (TPSA) is 64.3 Å². The van der Waals surface area contributed by atoms with Crippen LogP contribution in [-0.4, -0.2) is 47.2 Å². The van der Waals surface area contributed by atoms with Gasteiger partial charge in [-0.05, 0) is 18.9 Å². The maximum Gasteiger partial charge on any atom is 0.115 e. The summed E-state index contributed by atoms with van der Waals surface area (Å²) in [5.41, 5.74) is 6.88. The van der Waals surface area contributed by atoms with Gasteiger partial charge in [-0.15, -0.1) is 0 Å². The van der Waals surface area contributed by atoms with Crippen molar-refractivity contribution in [2.45, 2.75) is 31.5 Å². The molecule has 2 heterocycles. The molecule has 0 amide bonds. The SMILES string of the molecule is COC1CCN(Cc2ccncn2)C(CN)C1. The minimum Gasteiger partial charge on any atom is -0.381 e. The highest BCUT2D eigenvalue weighted by atomic mass is 16.5. The van der Waals surface area contributed by atoms with Crippen LogP contribution in [0, 0.1) is 0 Å². The van der Waals surface area contributed by atoms with E-state index in [2.05, 4.69) is 14.9 Å². The summed E-state index contributed by atoms with van der Waals surface area (Å²) in [5, 5.41) is 0. The number of rotatable bonds is 4. The van der Waals surface area contributed by atoms with Gasteiger partial charge in [0.25, 0.3) is 0 Å². The number of ether oxygens (including phenoxy) is 1. The molecule has 1 saturated heterocycles. The quantitative estimate of drug-likeness (QED) is 0.820. The minimum absolute atomic E-state index is 0.352. The predicted octanol–water partition coefficient (Wildman–Crippen LogP) is 0.415. The van der Waals surface area contributed by atoms with Crippen molar-refractivity contribution < 1.29 is 4.74 Å². The summed E-state index contributed by atoms with van der Waals surface area (Å²) in [6.07, 6.45) is 5.80. The van der Waals surface area contributed by atoms with E-state index in [-0.39, 0.29) is 0 Å². The van der Waals surface area contributed by atoms with Gasteiger partial charge >= 0.3 is 0 Å². The summed E-state index contributed by atoms with van der Waals surface area (Å²) >= 11 is 0. The summed E-state index contributed by atoms with van der Waals surface area (Å²) in [5.74, 6) is 0. The molecule has 0 radical (unpaired) electrons. The molecule has 0 aliphatic carbocycles. The zero-order valence-electron chi connectivity index (χ0n) is 10.2. The van der Waals surface area contributed by atoms with Crippen LogP contribution in [0.4, 0.5) is 0 Å². The monoisotopic (exact) mass is 236 g/mol. The van der Waals surface area contributed by atoms with Crippen LogP contribution in [0.5, 0.6) is 0 Å². The molecule has 0 bridgehead atoms. The lowest BCUT2D eigenvalue weighted by atomic mass is 9.99. The van der Waals surface area contributed by atoms with Gasteiger partial charge in [0.05, 0.1) is 11.8 Å². The lowest BCUT2D eigenvalue weighted by Crippen LogP contribution is -2.48. The summed E-state index contributed by atoms with van der Waals surface area (Å²) in [4.78, 5) is 10.6. The van der Waals surface area contributed by atoms with Gasteiger partial charge in [0.2, 0.25) is 0 Å². The van der Waals surface area contributed by atoms with Crippen molar-refractivity contribution >= 4 is 0 Å². The molecule has 2 N–H and O–H groups in total. The fourth-order valence-corrected chi connectivity index (χ4v) is 2.35. The number of nitrogens with two attached hydrogens (primary N) is 1. The Labute approximate surface area is 102 Å². The first-order valence-corrected chi connectivity index (χ1v) is 6.05. The second-order valence-corrected chi connectivity index (χ2v) is 4.44. The van der Waals surface area contributed by atoms with Gasteiger partial charge in [-0.2, -0.15) is 0 Å². The van der Waals surface area contributed by atoms with E-state index in [0.717, 1.165) is 31.6 Å². The number of aromatic nitrogens is 2. The average Bonchev–Trinajstić information content (AvgIpc) is 2.40. The van der Waals surface area contributed by atoms with E-state index < -0.39 is 0 Å². The smallest absolute Gasteiger partial charge is 0.115 e. The van der Waals surface area contributed by atoms with Crippen LogP contribution in [0.2, 0.25) is 0 Å². The fraction of sp³-hybridized carbons (Fsp3) is 0.667. The molecule has 17 heavy (non-hydrogen) atoms. The molecule has 1 fully saturated rings. The Bertz CT molecular complexity index is 333. The molecule has 2 rings (SSSR count). The number of nitrogens with zero attached hydrogens (tertiary/aromatic N) is 3. The second-order valence-electron chi connectivity index (χ2n) is 4.44. The maximum atomic E-state index is 5.83. The number of methoxy groups -OCH3 is 1. The van der Waals surface area contributed by atoms with Gasteiger partial charge in [-0.1, -0.05) is 0 Å². The molecule has 1 aromatic heterocycles. The van der Waals surface area contributed by atoms with Crippen LogP contribution in [0.3, 0.4) is 0 Å². The highest BCUT2D eigenvalue weighted by molar-refractivity contribution is 4.99. The molecule has 94 valence electrons. The van der Waals surface area contributed by atoms with Crippen molar-refractivity contribution in [1.82, 2.24) is 14.9 Å². The van der Waals surface area contributed by atoms with Crippen LogP contribution in [0.1, 0.15) is 18.5 Å². The summed E-state index contributed by atoms with van der Waals surface area (Å²) < 4.78 is 5.41. The van der Waals surface area contributed by atoms with Crippen molar-refractivity contribution in [3.63, 3.8) is 0 Å². The first-order valence-electron chi connectivity index (χ1n) is 6.05. The Hall–Kier alpha value is -1.04. The largest absolute Gasteiger partial charge is 0.381 e. The Balaban J connectivity index is 1.96. The van der Waals surface area contributed by atoms with Gasteiger partial charge < -0.3 is 10.5 Å². The van der Waals surface area contributed by atoms with E-state index in [4.69, 9.17) is 10.5 Å². The average molecular weight is 236 g/mol. The molecule has 2 unspecified atom stereocenters. The molecule has 1 aromatic rings. The third-order valence-corrected chi connectivity index (χ3v) is 3.40. The Morgan fingerprint density at radius 3 is 3.12 bits per heavy atom. The van der Waals surface area contributed by atoms with Crippen LogP contribution in [-0.2, 0) is 11.3 Å². The molecule has 0 saturated carbocycles. The first kappa shape index (κ1) is 12.4. The van der Waals surface area contributed by atoms with E-state index in [1.807, 2.05) is 6.07 Å². The molecule has 5 nitrogen and oxygen atoms in total. The lowest BCUT2D eigenvalue weighted by molar-refractivity contribution is 0.00977. The number of hydrogen-bond donors (Lipinski definition) is 1. The van der Waals surface area contributed by atoms with E-state index in [1.165, 1.54) is 0 Å². The van der Waals surface area contributed by atoms with Gasteiger partial charge in [0, 0.05) is 39.0 Å².